The van der Waals surface area contributed by atoms with Crippen LogP contribution in [0.4, 0.5) is 5.69 Å². The average Bonchev–Trinajstić information content (AvgIpc) is 2.68. The zero-order valence-corrected chi connectivity index (χ0v) is 16.6. The number of hydrogen-bond donors (Lipinski definition) is 1. The second kappa shape index (κ2) is 7.92. The summed E-state index contributed by atoms with van der Waals surface area (Å²) in [5, 5.41) is 2.73. The van der Waals surface area contributed by atoms with Gasteiger partial charge in [0.25, 0.3) is 5.91 Å². The Balaban J connectivity index is 1.78. The Kier molecular flexibility index (Phi) is 5.60. The van der Waals surface area contributed by atoms with E-state index in [-0.39, 0.29) is 17.1 Å². The first-order valence-corrected chi connectivity index (χ1v) is 9.39. The molecule has 6 nitrogen and oxygen atoms in total. The quantitative estimate of drug-likeness (QED) is 0.853. The van der Waals surface area contributed by atoms with Crippen molar-refractivity contribution >= 4 is 29.3 Å². The number of methoxy groups -OCH3 is 2. The van der Waals surface area contributed by atoms with E-state index in [1.165, 1.54) is 11.8 Å². The molecule has 0 bridgehead atoms. The van der Waals surface area contributed by atoms with Gasteiger partial charge in [-0.2, -0.15) is 0 Å². The van der Waals surface area contributed by atoms with Crippen molar-refractivity contribution in [2.45, 2.75) is 23.6 Å². The Morgan fingerprint density at radius 1 is 1.19 bits per heavy atom. The van der Waals surface area contributed by atoms with Crippen molar-refractivity contribution < 1.29 is 19.1 Å². The summed E-state index contributed by atoms with van der Waals surface area (Å²) in [6.45, 7) is 2.25. The third-order valence-electron chi connectivity index (χ3n) is 4.41. The summed E-state index contributed by atoms with van der Waals surface area (Å²) in [5.41, 5.74) is 2.09. The van der Waals surface area contributed by atoms with Gasteiger partial charge in [0.15, 0.2) is 0 Å². The van der Waals surface area contributed by atoms with Crippen LogP contribution < -0.4 is 14.8 Å². The van der Waals surface area contributed by atoms with Gasteiger partial charge >= 0.3 is 0 Å². The Morgan fingerprint density at radius 3 is 2.67 bits per heavy atom. The van der Waals surface area contributed by atoms with Crippen LogP contribution in [0.2, 0.25) is 0 Å². The highest BCUT2D eigenvalue weighted by molar-refractivity contribution is 8.00. The number of benzene rings is 2. The van der Waals surface area contributed by atoms with Gasteiger partial charge in [0, 0.05) is 35.7 Å². The summed E-state index contributed by atoms with van der Waals surface area (Å²) in [6.07, 6.45) is 0. The van der Waals surface area contributed by atoms with Crippen LogP contribution in [0.1, 0.15) is 22.8 Å². The second-order valence-electron chi connectivity index (χ2n) is 6.30. The van der Waals surface area contributed by atoms with Crippen molar-refractivity contribution in [3.63, 3.8) is 0 Å². The van der Waals surface area contributed by atoms with E-state index >= 15 is 0 Å². The molecular weight excluding hydrogens is 364 g/mol. The number of nitrogens with zero attached hydrogens (tertiary/aromatic N) is 1. The molecule has 1 atom stereocenters. The average molecular weight is 386 g/mol. The third-order valence-corrected chi connectivity index (χ3v) is 5.58. The molecule has 142 valence electrons. The van der Waals surface area contributed by atoms with E-state index in [4.69, 9.17) is 9.47 Å². The maximum absolute atomic E-state index is 12.8. The van der Waals surface area contributed by atoms with E-state index in [1.54, 1.807) is 44.4 Å². The fraction of sp³-hybridized carbons (Fsp3) is 0.300. The SMILES string of the molecule is COc1ccc(CN(C)C(=O)c2ccc3c(c2)NC(=O)[C@H](C)S3)c(OC)c1. The lowest BCUT2D eigenvalue weighted by atomic mass is 10.1. The molecule has 0 saturated carbocycles. The number of rotatable bonds is 5. The van der Waals surface area contributed by atoms with Crippen LogP contribution in [-0.2, 0) is 11.3 Å². The van der Waals surface area contributed by atoms with Crippen molar-refractivity contribution in [2.75, 3.05) is 26.6 Å². The van der Waals surface area contributed by atoms with E-state index in [9.17, 15) is 9.59 Å². The lowest BCUT2D eigenvalue weighted by Gasteiger charge is -2.23. The van der Waals surface area contributed by atoms with Crippen molar-refractivity contribution in [1.82, 2.24) is 4.90 Å². The van der Waals surface area contributed by atoms with Crippen molar-refractivity contribution in [1.29, 1.82) is 0 Å². The minimum absolute atomic E-state index is 0.0478. The Labute approximate surface area is 162 Å². The highest BCUT2D eigenvalue weighted by atomic mass is 32.2. The van der Waals surface area contributed by atoms with Gasteiger partial charge < -0.3 is 19.7 Å². The number of amides is 2. The molecule has 0 aromatic heterocycles. The standard InChI is InChI=1S/C20H22N2O4S/c1-12-19(23)21-16-9-13(6-8-18(16)27-12)20(24)22(2)11-14-5-7-15(25-3)10-17(14)26-4/h5-10,12H,11H2,1-4H3,(H,21,23)/t12-/m0/s1. The molecular formula is C20H22N2O4S. The van der Waals surface area contributed by atoms with Gasteiger partial charge in [0.2, 0.25) is 5.91 Å². The lowest BCUT2D eigenvalue weighted by Crippen LogP contribution is -2.28. The number of nitrogens with one attached hydrogen (secondary N) is 1. The molecule has 0 saturated heterocycles. The molecule has 1 aliphatic heterocycles. The minimum Gasteiger partial charge on any atom is -0.497 e. The molecule has 1 heterocycles. The summed E-state index contributed by atoms with van der Waals surface area (Å²) in [4.78, 5) is 27.3. The number of hydrogen-bond acceptors (Lipinski definition) is 5. The predicted molar refractivity (Wildman–Crippen MR) is 106 cm³/mol. The highest BCUT2D eigenvalue weighted by Crippen LogP contribution is 2.36. The van der Waals surface area contributed by atoms with E-state index in [2.05, 4.69) is 5.32 Å². The number of thioether (sulfide) groups is 1. The zero-order chi connectivity index (χ0) is 19.6. The first-order valence-electron chi connectivity index (χ1n) is 8.51. The van der Waals surface area contributed by atoms with Crippen LogP contribution in [0.15, 0.2) is 41.3 Å². The molecule has 0 aliphatic carbocycles. The predicted octanol–water partition coefficient (Wildman–Crippen LogP) is 3.41. The van der Waals surface area contributed by atoms with Crippen molar-refractivity contribution in [3.8, 4) is 11.5 Å². The largest absolute Gasteiger partial charge is 0.497 e. The van der Waals surface area contributed by atoms with Crippen molar-refractivity contribution in [3.05, 3.63) is 47.5 Å². The van der Waals surface area contributed by atoms with Crippen LogP contribution in [0, 0.1) is 0 Å². The van der Waals surface area contributed by atoms with E-state index in [0.29, 0.717) is 29.3 Å². The lowest BCUT2D eigenvalue weighted by molar-refractivity contribution is -0.115. The van der Waals surface area contributed by atoms with Gasteiger partial charge in [0.05, 0.1) is 25.2 Å². The fourth-order valence-corrected chi connectivity index (χ4v) is 3.80. The molecule has 0 unspecified atom stereocenters. The molecule has 1 aliphatic rings. The van der Waals surface area contributed by atoms with Gasteiger partial charge in [-0.1, -0.05) is 0 Å². The summed E-state index contributed by atoms with van der Waals surface area (Å²) < 4.78 is 10.6. The van der Waals surface area contributed by atoms with E-state index in [0.717, 1.165) is 10.5 Å². The normalized spacial score (nSPS) is 15.6. The first kappa shape index (κ1) is 19.1. The highest BCUT2D eigenvalue weighted by Gasteiger charge is 2.24. The Morgan fingerprint density at radius 2 is 1.96 bits per heavy atom. The topological polar surface area (TPSA) is 67.9 Å². The summed E-state index contributed by atoms with van der Waals surface area (Å²) in [7, 11) is 4.92. The third kappa shape index (κ3) is 4.03. The molecule has 3 rings (SSSR count). The van der Waals surface area contributed by atoms with Crippen LogP contribution in [0.25, 0.3) is 0 Å². The smallest absolute Gasteiger partial charge is 0.253 e. The molecule has 0 spiro atoms. The molecule has 27 heavy (non-hydrogen) atoms. The van der Waals surface area contributed by atoms with Crippen LogP contribution in [-0.4, -0.2) is 43.2 Å². The number of carbonyl (C=O) groups is 2. The van der Waals surface area contributed by atoms with Crippen molar-refractivity contribution in [2.24, 2.45) is 0 Å². The Hall–Kier alpha value is -2.67. The van der Waals surface area contributed by atoms with Gasteiger partial charge in [-0.25, -0.2) is 0 Å². The van der Waals surface area contributed by atoms with Crippen LogP contribution >= 0.6 is 11.8 Å². The first-order chi connectivity index (χ1) is 12.9. The van der Waals surface area contributed by atoms with Crippen LogP contribution in [0.3, 0.4) is 0 Å². The van der Waals surface area contributed by atoms with Gasteiger partial charge in [-0.15, -0.1) is 11.8 Å². The van der Waals surface area contributed by atoms with E-state index < -0.39 is 0 Å². The molecule has 1 N–H and O–H groups in total. The maximum Gasteiger partial charge on any atom is 0.253 e. The fourth-order valence-electron chi connectivity index (χ4n) is 2.87. The zero-order valence-electron chi connectivity index (χ0n) is 15.7. The summed E-state index contributed by atoms with van der Waals surface area (Å²) >= 11 is 1.49. The molecule has 2 amide bonds. The molecule has 0 fully saturated rings. The van der Waals surface area contributed by atoms with Gasteiger partial charge in [-0.05, 0) is 37.3 Å². The van der Waals surface area contributed by atoms with Crippen LogP contribution in [0.5, 0.6) is 11.5 Å². The summed E-state index contributed by atoms with van der Waals surface area (Å²) in [6, 6.07) is 10.9. The van der Waals surface area contributed by atoms with E-state index in [1.807, 2.05) is 25.1 Å². The Bertz CT molecular complexity index is 884. The van der Waals surface area contributed by atoms with Gasteiger partial charge in [-0.3, -0.25) is 9.59 Å². The minimum atomic E-state index is -0.135. The molecule has 0 radical (unpaired) electrons. The number of anilines is 1. The maximum atomic E-state index is 12.8. The summed E-state index contributed by atoms with van der Waals surface area (Å²) in [5.74, 6) is 1.18. The molecule has 7 heteroatoms. The monoisotopic (exact) mass is 386 g/mol. The number of ether oxygens (including phenoxy) is 2. The number of carbonyl (C=O) groups excluding carboxylic acids is 2. The molecule has 2 aromatic rings. The second-order valence-corrected chi connectivity index (χ2v) is 7.68. The molecule has 2 aromatic carbocycles. The number of fused-ring (bicyclic) bond motifs is 1. The van der Waals surface area contributed by atoms with Gasteiger partial charge in [0.1, 0.15) is 11.5 Å².